The van der Waals surface area contributed by atoms with Crippen LogP contribution in [0.1, 0.15) is 11.1 Å². The fraction of sp³-hybridized carbons (Fsp3) is 0.188. The number of aryl methyl sites for hydroxylation is 2. The molecule has 0 radical (unpaired) electrons. The molecular weight excluding hydrogens is 367 g/mol. The van der Waals surface area contributed by atoms with Crippen LogP contribution in [0, 0.1) is 6.92 Å². The highest BCUT2D eigenvalue weighted by Gasteiger charge is 2.15. The average Bonchev–Trinajstić information content (AvgIpc) is 2.90. The first-order valence-electron chi connectivity index (χ1n) is 7.27. The van der Waals surface area contributed by atoms with Crippen molar-refractivity contribution in [1.29, 1.82) is 0 Å². The predicted molar refractivity (Wildman–Crippen MR) is 93.8 cm³/mol. The molecule has 1 aromatic heterocycles. The van der Waals surface area contributed by atoms with Crippen molar-refractivity contribution in [3.05, 3.63) is 62.0 Å². The number of halogens is 2. The molecule has 0 aliphatic heterocycles. The van der Waals surface area contributed by atoms with E-state index in [4.69, 9.17) is 27.9 Å². The molecule has 130 valence electrons. The van der Waals surface area contributed by atoms with Gasteiger partial charge >= 0.3 is 5.69 Å². The van der Waals surface area contributed by atoms with E-state index >= 15 is 0 Å². The Balaban J connectivity index is 1.97. The molecule has 0 amide bonds. The SMILES string of the molecule is Cc1cc(O)c(Cl)cc1OCc1c(Cl)cccc1-n1nnn(C)c1=O. The summed E-state index contributed by atoms with van der Waals surface area (Å²) in [5, 5.41) is 17.8. The summed E-state index contributed by atoms with van der Waals surface area (Å²) in [6.07, 6.45) is 0. The van der Waals surface area contributed by atoms with Gasteiger partial charge < -0.3 is 9.84 Å². The van der Waals surface area contributed by atoms with E-state index < -0.39 is 5.69 Å². The fourth-order valence-electron chi connectivity index (χ4n) is 2.31. The van der Waals surface area contributed by atoms with E-state index in [9.17, 15) is 9.90 Å². The second-order valence-electron chi connectivity index (χ2n) is 5.39. The molecule has 1 heterocycles. The summed E-state index contributed by atoms with van der Waals surface area (Å²) < 4.78 is 8.07. The zero-order chi connectivity index (χ0) is 18.1. The second-order valence-corrected chi connectivity index (χ2v) is 6.21. The van der Waals surface area contributed by atoms with Gasteiger partial charge in [-0.05, 0) is 41.1 Å². The van der Waals surface area contributed by atoms with E-state index in [-0.39, 0.29) is 17.4 Å². The summed E-state index contributed by atoms with van der Waals surface area (Å²) in [5.74, 6) is 0.483. The van der Waals surface area contributed by atoms with Gasteiger partial charge in [-0.15, -0.1) is 0 Å². The lowest BCUT2D eigenvalue weighted by molar-refractivity contribution is 0.303. The molecule has 9 heteroatoms. The standard InChI is InChI=1S/C16H14Cl2N4O3/c1-9-6-14(23)12(18)7-15(9)25-8-10-11(17)4-3-5-13(10)22-16(24)21(2)19-20-22/h3-7,23H,8H2,1-2H3. The zero-order valence-electron chi connectivity index (χ0n) is 13.4. The maximum Gasteiger partial charge on any atom is 0.368 e. The molecule has 0 aliphatic carbocycles. The van der Waals surface area contributed by atoms with E-state index in [1.54, 1.807) is 25.1 Å². The van der Waals surface area contributed by atoms with Crippen LogP contribution in [0.3, 0.4) is 0 Å². The molecule has 25 heavy (non-hydrogen) atoms. The lowest BCUT2D eigenvalue weighted by Crippen LogP contribution is -2.23. The third kappa shape index (κ3) is 3.33. The lowest BCUT2D eigenvalue weighted by atomic mass is 10.2. The van der Waals surface area contributed by atoms with Gasteiger partial charge in [-0.2, -0.15) is 9.36 Å². The van der Waals surface area contributed by atoms with Crippen LogP contribution >= 0.6 is 23.2 Å². The highest BCUT2D eigenvalue weighted by atomic mass is 35.5. The van der Waals surface area contributed by atoms with Gasteiger partial charge in [0.15, 0.2) is 0 Å². The van der Waals surface area contributed by atoms with Crippen molar-refractivity contribution in [1.82, 2.24) is 19.8 Å². The molecule has 0 bridgehead atoms. The average molecular weight is 381 g/mol. The molecular formula is C16H14Cl2N4O3. The van der Waals surface area contributed by atoms with Crippen molar-refractivity contribution in [3.63, 3.8) is 0 Å². The van der Waals surface area contributed by atoms with Crippen molar-refractivity contribution in [2.45, 2.75) is 13.5 Å². The lowest BCUT2D eigenvalue weighted by Gasteiger charge is -2.14. The Morgan fingerprint density at radius 3 is 2.64 bits per heavy atom. The van der Waals surface area contributed by atoms with E-state index in [0.29, 0.717) is 27.6 Å². The van der Waals surface area contributed by atoms with Crippen LogP contribution in [-0.4, -0.2) is 24.9 Å². The van der Waals surface area contributed by atoms with Gasteiger partial charge in [0.25, 0.3) is 0 Å². The van der Waals surface area contributed by atoms with Gasteiger partial charge in [0.05, 0.1) is 10.7 Å². The quantitative estimate of drug-likeness (QED) is 0.752. The van der Waals surface area contributed by atoms with Gasteiger partial charge in [0.1, 0.15) is 18.1 Å². The van der Waals surface area contributed by atoms with E-state index in [1.165, 1.54) is 19.2 Å². The molecule has 0 fully saturated rings. The number of hydrogen-bond acceptors (Lipinski definition) is 5. The Kier molecular flexibility index (Phi) is 4.69. The maximum atomic E-state index is 12.1. The van der Waals surface area contributed by atoms with E-state index in [1.807, 2.05) is 0 Å². The molecule has 0 spiro atoms. The van der Waals surface area contributed by atoms with Crippen LogP contribution in [0.5, 0.6) is 11.5 Å². The number of phenolic OH excluding ortho intramolecular Hbond substituents is 1. The minimum absolute atomic E-state index is 0.0175. The second kappa shape index (κ2) is 6.78. The monoisotopic (exact) mass is 380 g/mol. The molecule has 0 unspecified atom stereocenters. The summed E-state index contributed by atoms with van der Waals surface area (Å²) >= 11 is 12.2. The number of aromatic nitrogens is 4. The van der Waals surface area contributed by atoms with Gasteiger partial charge in [-0.25, -0.2) is 4.79 Å². The van der Waals surface area contributed by atoms with Crippen LogP contribution in [0.4, 0.5) is 0 Å². The van der Waals surface area contributed by atoms with Crippen LogP contribution in [0.15, 0.2) is 35.1 Å². The number of tetrazole rings is 1. The Labute approximate surface area is 153 Å². The number of benzene rings is 2. The predicted octanol–water partition coefficient (Wildman–Crippen LogP) is 2.87. The largest absolute Gasteiger partial charge is 0.506 e. The van der Waals surface area contributed by atoms with Gasteiger partial charge in [-0.1, -0.05) is 29.3 Å². The van der Waals surface area contributed by atoms with Crippen molar-refractivity contribution in [3.8, 4) is 17.2 Å². The van der Waals surface area contributed by atoms with E-state index in [0.717, 1.165) is 9.36 Å². The smallest absolute Gasteiger partial charge is 0.368 e. The minimum Gasteiger partial charge on any atom is -0.506 e. The van der Waals surface area contributed by atoms with Crippen LogP contribution in [-0.2, 0) is 13.7 Å². The maximum absolute atomic E-state index is 12.1. The molecule has 7 nitrogen and oxygen atoms in total. The molecule has 0 saturated carbocycles. The molecule has 0 aliphatic rings. The van der Waals surface area contributed by atoms with Crippen LogP contribution < -0.4 is 10.4 Å². The number of aromatic hydroxyl groups is 1. The zero-order valence-corrected chi connectivity index (χ0v) is 14.9. The van der Waals surface area contributed by atoms with Crippen LogP contribution in [0.25, 0.3) is 5.69 Å². The molecule has 3 aromatic rings. The molecule has 0 atom stereocenters. The molecule has 1 N–H and O–H groups in total. The van der Waals surface area contributed by atoms with Crippen molar-refractivity contribution >= 4 is 23.2 Å². The first-order chi connectivity index (χ1) is 11.9. The Bertz CT molecular complexity index is 998. The summed E-state index contributed by atoms with van der Waals surface area (Å²) in [4.78, 5) is 12.1. The highest BCUT2D eigenvalue weighted by molar-refractivity contribution is 6.32. The molecule has 3 rings (SSSR count). The summed E-state index contributed by atoms with van der Waals surface area (Å²) in [5.41, 5.74) is 1.38. The topological polar surface area (TPSA) is 82.2 Å². The summed E-state index contributed by atoms with van der Waals surface area (Å²) in [6, 6.07) is 8.15. The van der Waals surface area contributed by atoms with Crippen molar-refractivity contribution < 1.29 is 9.84 Å². The number of nitrogens with zero attached hydrogens (tertiary/aromatic N) is 4. The Morgan fingerprint density at radius 2 is 1.96 bits per heavy atom. The minimum atomic E-state index is -0.396. The molecule has 2 aromatic carbocycles. The fourth-order valence-corrected chi connectivity index (χ4v) is 2.68. The van der Waals surface area contributed by atoms with Gasteiger partial charge in [0.2, 0.25) is 0 Å². The normalized spacial score (nSPS) is 10.9. The van der Waals surface area contributed by atoms with Gasteiger partial charge in [-0.3, -0.25) is 0 Å². The number of ether oxygens (including phenoxy) is 1. The highest BCUT2D eigenvalue weighted by Crippen LogP contribution is 2.32. The number of phenols is 1. The summed E-state index contributed by atoms with van der Waals surface area (Å²) in [6.45, 7) is 1.87. The third-order valence-electron chi connectivity index (χ3n) is 3.66. The first-order valence-corrected chi connectivity index (χ1v) is 8.02. The summed E-state index contributed by atoms with van der Waals surface area (Å²) in [7, 11) is 1.51. The van der Waals surface area contributed by atoms with E-state index in [2.05, 4.69) is 10.4 Å². The number of rotatable bonds is 4. The van der Waals surface area contributed by atoms with Crippen molar-refractivity contribution in [2.24, 2.45) is 7.05 Å². The Morgan fingerprint density at radius 1 is 1.20 bits per heavy atom. The van der Waals surface area contributed by atoms with Crippen molar-refractivity contribution in [2.75, 3.05) is 0 Å². The van der Waals surface area contributed by atoms with Gasteiger partial charge in [0, 0.05) is 23.7 Å². The number of hydrogen-bond donors (Lipinski definition) is 1. The van der Waals surface area contributed by atoms with Crippen LogP contribution in [0.2, 0.25) is 10.0 Å². The molecule has 0 saturated heterocycles. The first kappa shape index (κ1) is 17.3. The Hall–Kier alpha value is -2.51. The third-order valence-corrected chi connectivity index (χ3v) is 4.32.